The van der Waals surface area contributed by atoms with Crippen molar-refractivity contribution in [3.8, 4) is 23.1 Å². The van der Waals surface area contributed by atoms with Gasteiger partial charge in [0.25, 0.3) is 0 Å². The Bertz CT molecular complexity index is 1250. The fourth-order valence-corrected chi connectivity index (χ4v) is 4.06. The van der Waals surface area contributed by atoms with E-state index in [1.165, 1.54) is 30.5 Å². The number of ether oxygens (including phenoxy) is 3. The Hall–Kier alpha value is -3.48. The molecule has 13 heteroatoms. The van der Waals surface area contributed by atoms with Crippen LogP contribution in [0.1, 0.15) is 54.5 Å². The Kier molecular flexibility index (Phi) is 5.11. The zero-order chi connectivity index (χ0) is 24.3. The van der Waals surface area contributed by atoms with Crippen molar-refractivity contribution in [1.82, 2.24) is 20.0 Å². The van der Waals surface area contributed by atoms with Gasteiger partial charge in [-0.05, 0) is 43.9 Å². The first-order chi connectivity index (χ1) is 16.0. The molecule has 0 spiro atoms. The first kappa shape index (κ1) is 22.3. The number of alkyl halides is 5. The molecule has 1 unspecified atom stereocenters. The van der Waals surface area contributed by atoms with Crippen molar-refractivity contribution in [2.75, 3.05) is 0 Å². The van der Waals surface area contributed by atoms with E-state index < -0.39 is 30.4 Å². The topological polar surface area (TPSA) is 91.5 Å². The minimum absolute atomic E-state index is 0.0453. The number of nitrogens with zero attached hydrogens (tertiary/aromatic N) is 4. The second-order valence-corrected chi connectivity index (χ2v) is 7.92. The average molecular weight is 484 g/mol. The van der Waals surface area contributed by atoms with Gasteiger partial charge < -0.3 is 19.3 Å². The van der Waals surface area contributed by atoms with E-state index in [1.807, 2.05) is 0 Å². The van der Waals surface area contributed by atoms with Gasteiger partial charge in [0.1, 0.15) is 6.10 Å². The summed E-state index contributed by atoms with van der Waals surface area (Å²) < 4.78 is 82.7. The highest BCUT2D eigenvalue weighted by Crippen LogP contribution is 2.43. The third-order valence-corrected chi connectivity index (χ3v) is 5.57. The van der Waals surface area contributed by atoms with Gasteiger partial charge >= 0.3 is 12.5 Å². The Morgan fingerprint density at radius 1 is 1.21 bits per heavy atom. The second-order valence-electron chi connectivity index (χ2n) is 7.92. The van der Waals surface area contributed by atoms with Crippen LogP contribution in [0.5, 0.6) is 17.4 Å². The van der Waals surface area contributed by atoms with Crippen LogP contribution in [0, 0.1) is 0 Å². The molecule has 34 heavy (non-hydrogen) atoms. The zero-order valence-electron chi connectivity index (χ0n) is 17.5. The molecule has 2 atom stereocenters. The Morgan fingerprint density at radius 3 is 2.74 bits per heavy atom. The summed E-state index contributed by atoms with van der Waals surface area (Å²) >= 11 is 0. The van der Waals surface area contributed by atoms with Crippen molar-refractivity contribution in [3.05, 3.63) is 53.0 Å². The highest BCUT2D eigenvalue weighted by molar-refractivity contribution is 5.46. The first-order valence-corrected chi connectivity index (χ1v) is 10.3. The summed E-state index contributed by atoms with van der Waals surface area (Å²) in [5.41, 5.74) is -0.460. The van der Waals surface area contributed by atoms with Gasteiger partial charge in [0.2, 0.25) is 5.88 Å². The van der Waals surface area contributed by atoms with Crippen LogP contribution in [-0.2, 0) is 12.6 Å². The van der Waals surface area contributed by atoms with Crippen LogP contribution in [-0.4, -0.2) is 31.4 Å². The molecule has 2 aliphatic rings. The molecule has 3 heterocycles. The number of rotatable bonds is 4. The molecular weight excluding hydrogens is 467 g/mol. The third kappa shape index (κ3) is 4.00. The normalized spacial score (nSPS) is 19.6. The maximum absolute atomic E-state index is 13.5. The number of aromatic nitrogens is 4. The monoisotopic (exact) mass is 484 g/mol. The van der Waals surface area contributed by atoms with Gasteiger partial charge in [-0.15, -0.1) is 13.9 Å². The van der Waals surface area contributed by atoms with Gasteiger partial charge in [-0.3, -0.25) is 0 Å². The molecule has 0 radical (unpaired) electrons. The highest BCUT2D eigenvalue weighted by Gasteiger charge is 2.44. The molecule has 0 amide bonds. The van der Waals surface area contributed by atoms with Crippen LogP contribution in [0.15, 0.2) is 30.5 Å². The van der Waals surface area contributed by atoms with Crippen molar-refractivity contribution in [1.29, 1.82) is 0 Å². The molecule has 3 aromatic rings. The van der Waals surface area contributed by atoms with Crippen LogP contribution < -0.4 is 14.2 Å². The molecule has 180 valence electrons. The predicted molar refractivity (Wildman–Crippen MR) is 104 cm³/mol. The highest BCUT2D eigenvalue weighted by atomic mass is 19.4. The van der Waals surface area contributed by atoms with E-state index >= 15 is 0 Å². The molecule has 1 aromatic carbocycles. The van der Waals surface area contributed by atoms with E-state index in [-0.39, 0.29) is 40.7 Å². The third-order valence-electron chi connectivity index (χ3n) is 5.57. The predicted octanol–water partition coefficient (Wildman–Crippen LogP) is 4.51. The van der Waals surface area contributed by atoms with Crippen LogP contribution in [0.25, 0.3) is 5.69 Å². The fraction of sp³-hybridized carbons (Fsp3) is 0.381. The van der Waals surface area contributed by atoms with Gasteiger partial charge in [0.15, 0.2) is 17.2 Å². The maximum Gasteiger partial charge on any atom is 0.586 e. The summed E-state index contributed by atoms with van der Waals surface area (Å²) in [5.74, 6) is -0.323. The summed E-state index contributed by atoms with van der Waals surface area (Å²) in [6.45, 7) is 1.62. The quantitative estimate of drug-likeness (QED) is 0.545. The molecule has 1 aliphatic heterocycles. The molecule has 0 saturated heterocycles. The van der Waals surface area contributed by atoms with Crippen LogP contribution >= 0.6 is 0 Å². The molecule has 1 aliphatic carbocycles. The minimum atomic E-state index is -4.68. The standard InChI is InChI=1S/C21H17F5N4O4/c1-10(11-5-6-15-16(7-11)34-21(25,26)33-15)32-17-8-12(9-27-28-17)30-18-13(3-2-4-14(18)31)19(29-30)20(22,23)24/h5-10,14,31H,2-4H2,1H3/t10-,14?/m0/s1. The number of hydrogen-bond acceptors (Lipinski definition) is 7. The largest absolute Gasteiger partial charge is 0.586 e. The minimum Gasteiger partial charge on any atom is -0.469 e. The van der Waals surface area contributed by atoms with Gasteiger partial charge in [-0.2, -0.15) is 23.4 Å². The fourth-order valence-electron chi connectivity index (χ4n) is 4.06. The summed E-state index contributed by atoms with van der Waals surface area (Å²) in [4.78, 5) is 0. The lowest BCUT2D eigenvalue weighted by Crippen LogP contribution is -2.25. The summed E-state index contributed by atoms with van der Waals surface area (Å²) in [6, 6.07) is 5.47. The van der Waals surface area contributed by atoms with Crippen LogP contribution in [0.4, 0.5) is 22.0 Å². The van der Waals surface area contributed by atoms with Crippen LogP contribution in [0.2, 0.25) is 0 Å². The lowest BCUT2D eigenvalue weighted by molar-refractivity contribution is -0.286. The second kappa shape index (κ2) is 7.79. The summed E-state index contributed by atoms with van der Waals surface area (Å²) in [6.07, 6.45) is -8.21. The van der Waals surface area contributed by atoms with E-state index in [9.17, 15) is 27.1 Å². The van der Waals surface area contributed by atoms with Gasteiger partial charge in [0, 0.05) is 11.6 Å². The van der Waals surface area contributed by atoms with E-state index in [2.05, 4.69) is 24.8 Å². The number of aliphatic hydroxyl groups excluding tert-OH is 1. The van der Waals surface area contributed by atoms with Gasteiger partial charge in [0.05, 0.1) is 23.7 Å². The van der Waals surface area contributed by atoms with Crippen molar-refractivity contribution in [2.24, 2.45) is 0 Å². The number of fused-ring (bicyclic) bond motifs is 2. The molecule has 1 N–H and O–H groups in total. The SMILES string of the molecule is C[C@H](Oc1cc(-n2nc(C(F)(F)F)c3c2C(O)CCC3)cnn1)c1ccc2c(c1)OC(F)(F)O2. The molecular formula is C21H17F5N4O4. The van der Waals surface area contributed by atoms with Gasteiger partial charge in [-0.1, -0.05) is 6.07 Å². The summed E-state index contributed by atoms with van der Waals surface area (Å²) in [7, 11) is 0. The van der Waals surface area contributed by atoms with E-state index in [4.69, 9.17) is 4.74 Å². The number of halogens is 5. The Balaban J connectivity index is 1.44. The smallest absolute Gasteiger partial charge is 0.469 e. The van der Waals surface area contributed by atoms with E-state index in [0.29, 0.717) is 18.4 Å². The molecule has 0 saturated carbocycles. The number of aliphatic hydroxyl groups is 1. The van der Waals surface area contributed by atoms with Crippen molar-refractivity contribution < 1.29 is 41.3 Å². The van der Waals surface area contributed by atoms with Crippen molar-refractivity contribution >= 4 is 0 Å². The average Bonchev–Trinajstić information content (AvgIpc) is 3.30. The molecule has 0 bridgehead atoms. The Morgan fingerprint density at radius 2 is 1.97 bits per heavy atom. The molecule has 2 aromatic heterocycles. The van der Waals surface area contributed by atoms with Crippen molar-refractivity contribution in [3.63, 3.8) is 0 Å². The maximum atomic E-state index is 13.5. The summed E-state index contributed by atoms with van der Waals surface area (Å²) in [5, 5.41) is 21.7. The lowest BCUT2D eigenvalue weighted by atomic mass is 9.93. The number of hydrogen-bond donors (Lipinski definition) is 1. The molecule has 5 rings (SSSR count). The zero-order valence-corrected chi connectivity index (χ0v) is 17.5. The first-order valence-electron chi connectivity index (χ1n) is 10.3. The Labute approximate surface area is 188 Å². The molecule has 8 nitrogen and oxygen atoms in total. The molecule has 0 fully saturated rings. The van der Waals surface area contributed by atoms with E-state index in [1.54, 1.807) is 6.92 Å². The van der Waals surface area contributed by atoms with Crippen molar-refractivity contribution in [2.45, 2.75) is 50.9 Å². The number of benzene rings is 1. The van der Waals surface area contributed by atoms with Gasteiger partial charge in [-0.25, -0.2) is 4.68 Å². The van der Waals surface area contributed by atoms with Crippen LogP contribution in [0.3, 0.4) is 0 Å². The lowest BCUT2D eigenvalue weighted by Gasteiger charge is -2.20. The van der Waals surface area contributed by atoms with E-state index in [0.717, 1.165) is 4.68 Å².